The lowest BCUT2D eigenvalue weighted by Crippen LogP contribution is -2.42. The lowest BCUT2D eigenvalue weighted by atomic mass is 10.0. The second-order valence-electron chi connectivity index (χ2n) is 4.26. The van der Waals surface area contributed by atoms with Crippen molar-refractivity contribution >= 4 is 5.69 Å². The molecular formula is C13H20N2O. The van der Waals surface area contributed by atoms with Crippen molar-refractivity contribution in [1.29, 1.82) is 0 Å². The Morgan fingerprint density at radius 1 is 1.38 bits per heavy atom. The molecule has 1 unspecified atom stereocenters. The number of hydrogen-bond donors (Lipinski definition) is 1. The van der Waals surface area contributed by atoms with Gasteiger partial charge in [-0.2, -0.15) is 0 Å². The minimum atomic E-state index is 0.490. The summed E-state index contributed by atoms with van der Waals surface area (Å²) >= 11 is 0. The fraction of sp³-hybridized carbons (Fsp3) is 0.538. The fourth-order valence-corrected chi connectivity index (χ4v) is 2.37. The topological polar surface area (TPSA) is 38.5 Å². The van der Waals surface area contributed by atoms with E-state index in [-0.39, 0.29) is 0 Å². The summed E-state index contributed by atoms with van der Waals surface area (Å²) < 4.78 is 5.78. The average Bonchev–Trinajstić information content (AvgIpc) is 2.30. The molecule has 1 aromatic rings. The van der Waals surface area contributed by atoms with E-state index in [9.17, 15) is 0 Å². The van der Waals surface area contributed by atoms with Crippen LogP contribution in [0.3, 0.4) is 0 Å². The Balaban J connectivity index is 2.16. The van der Waals surface area contributed by atoms with Crippen molar-refractivity contribution in [2.45, 2.75) is 26.3 Å². The largest absolute Gasteiger partial charge is 0.492 e. The first-order valence-corrected chi connectivity index (χ1v) is 5.99. The van der Waals surface area contributed by atoms with E-state index in [1.807, 2.05) is 18.2 Å². The van der Waals surface area contributed by atoms with Crippen molar-refractivity contribution in [3.63, 3.8) is 0 Å². The van der Waals surface area contributed by atoms with Crippen LogP contribution in [0, 0.1) is 0 Å². The summed E-state index contributed by atoms with van der Waals surface area (Å²) in [5.74, 6) is 0.998. The molecule has 2 N–H and O–H groups in total. The lowest BCUT2D eigenvalue weighted by molar-refractivity contribution is 0.129. The van der Waals surface area contributed by atoms with Gasteiger partial charge in [-0.15, -0.1) is 0 Å². The zero-order valence-corrected chi connectivity index (χ0v) is 10.1. The number of fused-ring (bicyclic) bond motifs is 1. The predicted octanol–water partition coefficient (Wildman–Crippen LogP) is 1.91. The number of nitrogen functional groups attached to an aromatic ring is 1. The number of nitrogens with zero attached hydrogens (tertiary/aromatic N) is 1. The summed E-state index contributed by atoms with van der Waals surface area (Å²) in [5.41, 5.74) is 7.86. The minimum absolute atomic E-state index is 0.490. The summed E-state index contributed by atoms with van der Waals surface area (Å²) in [7, 11) is 0. The van der Waals surface area contributed by atoms with E-state index in [1.165, 1.54) is 5.56 Å². The summed E-state index contributed by atoms with van der Waals surface area (Å²) in [4.78, 5) is 2.44. The van der Waals surface area contributed by atoms with Crippen molar-refractivity contribution in [2.24, 2.45) is 0 Å². The molecule has 88 valence electrons. The fourth-order valence-electron chi connectivity index (χ4n) is 2.37. The molecule has 0 aliphatic carbocycles. The van der Waals surface area contributed by atoms with Gasteiger partial charge in [0.15, 0.2) is 0 Å². The monoisotopic (exact) mass is 220 g/mol. The number of hydrogen-bond acceptors (Lipinski definition) is 3. The van der Waals surface area contributed by atoms with Crippen LogP contribution in [-0.4, -0.2) is 30.6 Å². The van der Waals surface area contributed by atoms with E-state index in [0.29, 0.717) is 6.04 Å². The highest BCUT2D eigenvalue weighted by molar-refractivity contribution is 5.48. The second kappa shape index (κ2) is 4.74. The Bertz CT molecular complexity index is 361. The number of anilines is 1. The van der Waals surface area contributed by atoms with E-state index >= 15 is 0 Å². The molecule has 0 saturated carbocycles. The number of ether oxygens (including phenoxy) is 1. The van der Waals surface area contributed by atoms with Crippen molar-refractivity contribution < 1.29 is 4.74 Å². The van der Waals surface area contributed by atoms with Crippen molar-refractivity contribution in [3.05, 3.63) is 23.8 Å². The molecule has 16 heavy (non-hydrogen) atoms. The third-order valence-corrected chi connectivity index (χ3v) is 3.30. The SMILES string of the molecule is CCN(CC)C1COc2ccc(N)cc2C1. The van der Waals surface area contributed by atoms with Crippen LogP contribution >= 0.6 is 0 Å². The Hall–Kier alpha value is -1.22. The highest BCUT2D eigenvalue weighted by Gasteiger charge is 2.23. The predicted molar refractivity (Wildman–Crippen MR) is 66.8 cm³/mol. The number of likely N-dealkylation sites (N-methyl/N-ethyl adjacent to an activating group) is 1. The van der Waals surface area contributed by atoms with Crippen LogP contribution in [0.25, 0.3) is 0 Å². The van der Waals surface area contributed by atoms with Gasteiger partial charge >= 0.3 is 0 Å². The molecule has 1 aromatic carbocycles. The zero-order chi connectivity index (χ0) is 11.5. The van der Waals surface area contributed by atoms with Gasteiger partial charge < -0.3 is 10.5 Å². The standard InChI is InChI=1S/C13H20N2O/c1-3-15(4-2)12-8-10-7-11(14)5-6-13(10)16-9-12/h5-7,12H,3-4,8-9,14H2,1-2H3. The summed E-state index contributed by atoms with van der Waals surface area (Å²) in [6.07, 6.45) is 1.04. The summed E-state index contributed by atoms with van der Waals surface area (Å²) in [6, 6.07) is 6.40. The zero-order valence-electron chi connectivity index (χ0n) is 10.1. The second-order valence-corrected chi connectivity index (χ2v) is 4.26. The van der Waals surface area contributed by atoms with Crippen LogP contribution in [0.15, 0.2) is 18.2 Å². The van der Waals surface area contributed by atoms with E-state index in [0.717, 1.165) is 37.6 Å². The lowest BCUT2D eigenvalue weighted by Gasteiger charge is -2.33. The van der Waals surface area contributed by atoms with Crippen LogP contribution in [0.2, 0.25) is 0 Å². The molecule has 3 nitrogen and oxygen atoms in total. The van der Waals surface area contributed by atoms with E-state index in [2.05, 4.69) is 18.7 Å². The maximum absolute atomic E-state index is 5.80. The molecule has 0 amide bonds. The van der Waals surface area contributed by atoms with Crippen LogP contribution in [0.4, 0.5) is 5.69 Å². The molecule has 0 aromatic heterocycles. The van der Waals surface area contributed by atoms with Gasteiger partial charge in [-0.25, -0.2) is 0 Å². The molecule has 0 bridgehead atoms. The van der Waals surface area contributed by atoms with Gasteiger partial charge in [-0.05, 0) is 43.3 Å². The molecule has 0 fully saturated rings. The maximum Gasteiger partial charge on any atom is 0.122 e. The minimum Gasteiger partial charge on any atom is -0.492 e. The average molecular weight is 220 g/mol. The van der Waals surface area contributed by atoms with Gasteiger partial charge in [0, 0.05) is 11.7 Å². The van der Waals surface area contributed by atoms with Crippen molar-refractivity contribution in [2.75, 3.05) is 25.4 Å². The quantitative estimate of drug-likeness (QED) is 0.791. The van der Waals surface area contributed by atoms with Crippen LogP contribution in [-0.2, 0) is 6.42 Å². The highest BCUT2D eigenvalue weighted by Crippen LogP contribution is 2.28. The van der Waals surface area contributed by atoms with Gasteiger partial charge in [0.2, 0.25) is 0 Å². The molecule has 2 rings (SSSR count). The third kappa shape index (κ3) is 2.14. The molecule has 0 radical (unpaired) electrons. The number of nitrogens with two attached hydrogens (primary N) is 1. The van der Waals surface area contributed by atoms with E-state index in [1.54, 1.807) is 0 Å². The normalized spacial score (nSPS) is 19.3. The van der Waals surface area contributed by atoms with E-state index < -0.39 is 0 Å². The smallest absolute Gasteiger partial charge is 0.122 e. The molecule has 1 aliphatic heterocycles. The Morgan fingerprint density at radius 3 is 2.81 bits per heavy atom. The Morgan fingerprint density at radius 2 is 2.12 bits per heavy atom. The number of rotatable bonds is 3. The number of benzene rings is 1. The molecule has 0 saturated heterocycles. The molecular weight excluding hydrogens is 200 g/mol. The maximum atomic E-state index is 5.80. The molecule has 1 atom stereocenters. The summed E-state index contributed by atoms with van der Waals surface area (Å²) in [5, 5.41) is 0. The molecule has 1 heterocycles. The van der Waals surface area contributed by atoms with Gasteiger partial charge in [0.1, 0.15) is 12.4 Å². The van der Waals surface area contributed by atoms with Crippen LogP contribution < -0.4 is 10.5 Å². The third-order valence-electron chi connectivity index (χ3n) is 3.30. The van der Waals surface area contributed by atoms with Gasteiger partial charge in [-0.3, -0.25) is 4.90 Å². The first-order valence-electron chi connectivity index (χ1n) is 5.99. The summed E-state index contributed by atoms with van der Waals surface area (Å²) in [6.45, 7) is 7.32. The van der Waals surface area contributed by atoms with Crippen LogP contribution in [0.5, 0.6) is 5.75 Å². The van der Waals surface area contributed by atoms with Gasteiger partial charge in [0.05, 0.1) is 0 Å². The molecule has 1 aliphatic rings. The Labute approximate surface area is 97.2 Å². The van der Waals surface area contributed by atoms with Crippen LogP contribution in [0.1, 0.15) is 19.4 Å². The first-order chi connectivity index (χ1) is 7.74. The molecule has 0 spiro atoms. The Kier molecular flexibility index (Phi) is 3.34. The first kappa shape index (κ1) is 11.3. The highest BCUT2D eigenvalue weighted by atomic mass is 16.5. The van der Waals surface area contributed by atoms with E-state index in [4.69, 9.17) is 10.5 Å². The molecule has 3 heteroatoms. The van der Waals surface area contributed by atoms with Gasteiger partial charge in [-0.1, -0.05) is 13.8 Å². The van der Waals surface area contributed by atoms with Crippen molar-refractivity contribution in [3.8, 4) is 5.75 Å². The van der Waals surface area contributed by atoms with Crippen molar-refractivity contribution in [1.82, 2.24) is 4.90 Å². The van der Waals surface area contributed by atoms with Gasteiger partial charge in [0.25, 0.3) is 0 Å².